The van der Waals surface area contributed by atoms with Crippen molar-refractivity contribution in [3.8, 4) is 5.75 Å². The molecule has 0 radical (unpaired) electrons. The minimum absolute atomic E-state index is 0.0323. The lowest BCUT2D eigenvalue weighted by molar-refractivity contribution is -0.123. The van der Waals surface area contributed by atoms with Gasteiger partial charge in [-0.1, -0.05) is 11.6 Å². The predicted molar refractivity (Wildman–Crippen MR) is 99.3 cm³/mol. The number of nitrogens with two attached hydrogens (primary N) is 1. The van der Waals surface area contributed by atoms with Crippen molar-refractivity contribution in [1.82, 2.24) is 0 Å². The number of methoxy groups -OCH3 is 1. The highest BCUT2D eigenvalue weighted by Crippen LogP contribution is 2.21. The molecule has 144 valence electrons. The van der Waals surface area contributed by atoms with E-state index in [9.17, 15) is 18.0 Å². The van der Waals surface area contributed by atoms with Crippen molar-refractivity contribution in [1.29, 1.82) is 0 Å². The first-order valence-corrected chi connectivity index (χ1v) is 9.52. The number of rotatable bonds is 6. The lowest BCUT2D eigenvalue weighted by atomic mass is 10.2. The molecule has 1 atom stereocenters. The van der Waals surface area contributed by atoms with Crippen LogP contribution in [-0.4, -0.2) is 33.5 Å². The van der Waals surface area contributed by atoms with Gasteiger partial charge in [0.05, 0.1) is 22.6 Å². The van der Waals surface area contributed by atoms with Gasteiger partial charge in [0.15, 0.2) is 6.10 Å². The Labute approximate surface area is 161 Å². The van der Waals surface area contributed by atoms with Gasteiger partial charge in [0.1, 0.15) is 5.75 Å². The molecule has 27 heavy (non-hydrogen) atoms. The molecule has 2 aromatic carbocycles. The standard InChI is InChI=1S/C17H17ClN2O6S/c1-10(16(21)20-11-3-5-12(25-2)6-4-11)26-17(22)14-9-13(27(19,23)24)7-8-15(14)18/h3-10H,1-2H3,(H,20,21)(H2,19,23,24)/t10-/m0/s1. The predicted octanol–water partition coefficient (Wildman–Crippen LogP) is 2.18. The van der Waals surface area contributed by atoms with Crippen LogP contribution in [0.1, 0.15) is 17.3 Å². The SMILES string of the molecule is COc1ccc(NC(=O)[C@H](C)OC(=O)c2cc(S(N)(=O)=O)ccc2Cl)cc1. The van der Waals surface area contributed by atoms with E-state index in [1.807, 2.05) is 0 Å². The molecule has 0 aromatic heterocycles. The third kappa shape index (κ3) is 5.43. The average Bonchev–Trinajstić information content (AvgIpc) is 2.61. The quantitative estimate of drug-likeness (QED) is 0.700. The van der Waals surface area contributed by atoms with Gasteiger partial charge < -0.3 is 14.8 Å². The van der Waals surface area contributed by atoms with Crippen molar-refractivity contribution in [3.63, 3.8) is 0 Å². The Hall–Kier alpha value is -2.62. The Kier molecular flexibility index (Phi) is 6.42. The summed E-state index contributed by atoms with van der Waals surface area (Å²) in [5.41, 5.74) is 0.269. The number of amides is 1. The lowest BCUT2D eigenvalue weighted by Gasteiger charge is -2.14. The van der Waals surface area contributed by atoms with Crippen molar-refractivity contribution in [3.05, 3.63) is 53.1 Å². The zero-order valence-electron chi connectivity index (χ0n) is 14.4. The molecule has 1 amide bonds. The van der Waals surface area contributed by atoms with Gasteiger partial charge >= 0.3 is 5.97 Å². The van der Waals surface area contributed by atoms with E-state index in [-0.39, 0.29) is 15.5 Å². The molecule has 0 fully saturated rings. The molecule has 0 bridgehead atoms. The van der Waals surface area contributed by atoms with Crippen LogP contribution >= 0.6 is 11.6 Å². The molecule has 0 aliphatic rings. The molecule has 2 rings (SSSR count). The van der Waals surface area contributed by atoms with E-state index in [4.69, 9.17) is 26.2 Å². The maximum absolute atomic E-state index is 12.3. The second kappa shape index (κ2) is 8.38. The smallest absolute Gasteiger partial charge is 0.340 e. The summed E-state index contributed by atoms with van der Waals surface area (Å²) in [5.74, 6) is -0.910. The Morgan fingerprint density at radius 3 is 2.33 bits per heavy atom. The van der Waals surface area contributed by atoms with E-state index in [1.54, 1.807) is 24.3 Å². The second-order valence-electron chi connectivity index (χ2n) is 5.45. The second-order valence-corrected chi connectivity index (χ2v) is 7.42. The van der Waals surface area contributed by atoms with Crippen LogP contribution in [0.2, 0.25) is 5.02 Å². The number of carbonyl (C=O) groups excluding carboxylic acids is 2. The number of ether oxygens (including phenoxy) is 2. The zero-order chi connectivity index (χ0) is 20.2. The maximum atomic E-state index is 12.3. The molecule has 0 spiro atoms. The first kappa shape index (κ1) is 20.7. The third-order valence-electron chi connectivity index (χ3n) is 3.50. The van der Waals surface area contributed by atoms with Crippen LogP contribution in [-0.2, 0) is 19.6 Å². The molecule has 0 heterocycles. The van der Waals surface area contributed by atoms with Crippen molar-refractivity contribution >= 4 is 39.2 Å². The number of nitrogens with one attached hydrogen (secondary N) is 1. The van der Waals surface area contributed by atoms with Gasteiger partial charge in [-0.05, 0) is 49.4 Å². The molecule has 0 saturated carbocycles. The van der Waals surface area contributed by atoms with E-state index in [2.05, 4.69) is 5.32 Å². The highest BCUT2D eigenvalue weighted by Gasteiger charge is 2.22. The number of hydrogen-bond acceptors (Lipinski definition) is 6. The fourth-order valence-corrected chi connectivity index (χ4v) is 2.77. The van der Waals surface area contributed by atoms with Gasteiger partial charge in [-0.3, -0.25) is 4.79 Å². The summed E-state index contributed by atoms with van der Waals surface area (Å²) in [6.45, 7) is 1.37. The van der Waals surface area contributed by atoms with E-state index in [1.165, 1.54) is 20.1 Å². The minimum atomic E-state index is -4.02. The van der Waals surface area contributed by atoms with Gasteiger partial charge in [0.2, 0.25) is 10.0 Å². The van der Waals surface area contributed by atoms with Crippen molar-refractivity contribution in [2.24, 2.45) is 5.14 Å². The fraction of sp³-hybridized carbons (Fsp3) is 0.176. The number of esters is 1. The Bertz CT molecular complexity index is 960. The van der Waals surface area contributed by atoms with Crippen LogP contribution in [0.15, 0.2) is 47.4 Å². The number of hydrogen-bond donors (Lipinski definition) is 2. The first-order chi connectivity index (χ1) is 12.6. The summed E-state index contributed by atoms with van der Waals surface area (Å²) in [5, 5.41) is 7.58. The van der Waals surface area contributed by atoms with E-state index in [0.717, 1.165) is 12.1 Å². The first-order valence-electron chi connectivity index (χ1n) is 7.60. The van der Waals surface area contributed by atoms with Crippen LogP contribution in [0, 0.1) is 0 Å². The fourth-order valence-electron chi connectivity index (χ4n) is 2.03. The summed E-state index contributed by atoms with van der Waals surface area (Å²) >= 11 is 5.91. The Morgan fingerprint density at radius 2 is 1.78 bits per heavy atom. The molecule has 10 heteroatoms. The van der Waals surface area contributed by atoms with E-state index in [0.29, 0.717) is 11.4 Å². The molecule has 0 aliphatic heterocycles. The third-order valence-corrected chi connectivity index (χ3v) is 4.74. The maximum Gasteiger partial charge on any atom is 0.340 e. The summed E-state index contributed by atoms with van der Waals surface area (Å²) < 4.78 is 32.9. The number of carbonyl (C=O) groups is 2. The number of benzene rings is 2. The van der Waals surface area contributed by atoms with Gasteiger partial charge in [-0.2, -0.15) is 0 Å². The summed E-state index contributed by atoms with van der Waals surface area (Å²) in [6.07, 6.45) is -1.16. The van der Waals surface area contributed by atoms with E-state index >= 15 is 0 Å². The largest absolute Gasteiger partial charge is 0.497 e. The molecule has 0 saturated heterocycles. The normalized spacial score (nSPS) is 12.1. The van der Waals surface area contributed by atoms with Crippen LogP contribution in [0.5, 0.6) is 5.75 Å². The van der Waals surface area contributed by atoms with Crippen molar-refractivity contribution in [2.45, 2.75) is 17.9 Å². The topological polar surface area (TPSA) is 125 Å². The van der Waals surface area contributed by atoms with Gasteiger partial charge in [-0.15, -0.1) is 0 Å². The Balaban J connectivity index is 2.09. The highest BCUT2D eigenvalue weighted by molar-refractivity contribution is 7.89. The number of primary sulfonamides is 1. The molecule has 8 nitrogen and oxygen atoms in total. The van der Waals surface area contributed by atoms with E-state index < -0.39 is 28.0 Å². The summed E-state index contributed by atoms with van der Waals surface area (Å²) in [7, 11) is -2.50. The Morgan fingerprint density at radius 1 is 1.15 bits per heavy atom. The van der Waals surface area contributed by atoms with Crippen LogP contribution < -0.4 is 15.2 Å². The molecule has 0 unspecified atom stereocenters. The molecular weight excluding hydrogens is 396 g/mol. The molecular formula is C17H17ClN2O6S. The number of halogens is 1. The van der Waals surface area contributed by atoms with Crippen LogP contribution in [0.4, 0.5) is 5.69 Å². The zero-order valence-corrected chi connectivity index (χ0v) is 16.0. The van der Waals surface area contributed by atoms with Crippen molar-refractivity contribution < 1.29 is 27.5 Å². The molecule has 0 aliphatic carbocycles. The molecule has 2 aromatic rings. The highest BCUT2D eigenvalue weighted by atomic mass is 35.5. The van der Waals surface area contributed by atoms with Crippen LogP contribution in [0.3, 0.4) is 0 Å². The number of anilines is 1. The van der Waals surface area contributed by atoms with Gasteiger partial charge in [-0.25, -0.2) is 18.4 Å². The molecule has 3 N–H and O–H groups in total. The summed E-state index contributed by atoms with van der Waals surface area (Å²) in [4.78, 5) is 24.1. The summed E-state index contributed by atoms with van der Waals surface area (Å²) in [6, 6.07) is 9.92. The van der Waals surface area contributed by atoms with Gasteiger partial charge in [0.25, 0.3) is 5.91 Å². The average molecular weight is 413 g/mol. The van der Waals surface area contributed by atoms with Gasteiger partial charge in [0, 0.05) is 5.69 Å². The van der Waals surface area contributed by atoms with Crippen LogP contribution in [0.25, 0.3) is 0 Å². The minimum Gasteiger partial charge on any atom is -0.497 e. The lowest BCUT2D eigenvalue weighted by Crippen LogP contribution is -2.30. The van der Waals surface area contributed by atoms with Crippen molar-refractivity contribution in [2.75, 3.05) is 12.4 Å². The monoisotopic (exact) mass is 412 g/mol. The number of sulfonamides is 1.